The second kappa shape index (κ2) is 10.7. The number of anilines is 3. The molecule has 6 nitrogen and oxygen atoms in total. The van der Waals surface area contributed by atoms with Crippen molar-refractivity contribution in [3.63, 3.8) is 0 Å². The topological polar surface area (TPSA) is 56.3 Å². The van der Waals surface area contributed by atoms with Crippen molar-refractivity contribution in [1.29, 1.82) is 0 Å². The number of hydrogen-bond donors (Lipinski definition) is 2. The van der Waals surface area contributed by atoms with Gasteiger partial charge in [0.05, 0.1) is 0 Å². The Morgan fingerprint density at radius 3 is 2.38 bits per heavy atom. The first kappa shape index (κ1) is 23.1. The Hall–Kier alpha value is -2.12. The Labute approximate surface area is 201 Å². The molecule has 0 amide bonds. The van der Waals surface area contributed by atoms with Crippen molar-refractivity contribution in [3.8, 4) is 0 Å². The third-order valence-electron chi connectivity index (χ3n) is 6.19. The molecule has 2 N–H and O–H groups in total. The highest BCUT2D eigenvalue weighted by atomic mass is 35.5. The third-order valence-corrected chi connectivity index (χ3v) is 6.81. The first-order valence-electron chi connectivity index (χ1n) is 11.6. The lowest BCUT2D eigenvalue weighted by Gasteiger charge is -2.36. The first-order valence-corrected chi connectivity index (χ1v) is 12.4. The van der Waals surface area contributed by atoms with Gasteiger partial charge in [0.2, 0.25) is 5.95 Å². The Morgan fingerprint density at radius 1 is 1.03 bits per heavy atom. The summed E-state index contributed by atoms with van der Waals surface area (Å²) in [6.07, 6.45) is 4.97. The van der Waals surface area contributed by atoms with Crippen LogP contribution in [0.3, 0.4) is 0 Å². The fourth-order valence-electron chi connectivity index (χ4n) is 4.74. The van der Waals surface area contributed by atoms with E-state index in [1.807, 2.05) is 24.3 Å². The fraction of sp³-hybridized carbons (Fsp3) is 0.542. The van der Waals surface area contributed by atoms with Crippen LogP contribution < -0.4 is 20.4 Å². The molecular formula is C24H33ClN6S. The predicted molar refractivity (Wildman–Crippen MR) is 138 cm³/mol. The maximum absolute atomic E-state index is 6.27. The lowest BCUT2D eigenvalue weighted by molar-refractivity contribution is 0.355. The van der Waals surface area contributed by atoms with Crippen LogP contribution in [0.15, 0.2) is 30.3 Å². The van der Waals surface area contributed by atoms with E-state index in [1.165, 1.54) is 25.7 Å². The van der Waals surface area contributed by atoms with Gasteiger partial charge in [0, 0.05) is 43.8 Å². The van der Waals surface area contributed by atoms with E-state index in [4.69, 9.17) is 33.8 Å². The van der Waals surface area contributed by atoms with Gasteiger partial charge in [-0.2, -0.15) is 9.97 Å². The van der Waals surface area contributed by atoms with Crippen molar-refractivity contribution in [2.75, 3.05) is 41.3 Å². The van der Waals surface area contributed by atoms with E-state index >= 15 is 0 Å². The fourth-order valence-corrected chi connectivity index (χ4v) is 5.10. The van der Waals surface area contributed by atoms with E-state index in [2.05, 4.69) is 40.3 Å². The van der Waals surface area contributed by atoms with E-state index in [9.17, 15) is 0 Å². The third kappa shape index (κ3) is 6.01. The SMILES string of the molecule is C[C@@H]1C[C@@H](C)CN(c2cc(N3CCCCC3)nc(NC(=S)NCc3ccccc3Cl)n2)C1. The molecular weight excluding hydrogens is 440 g/mol. The summed E-state index contributed by atoms with van der Waals surface area (Å²) in [6.45, 7) is 9.32. The van der Waals surface area contributed by atoms with Crippen LogP contribution in [0.2, 0.25) is 5.02 Å². The number of rotatable bonds is 5. The molecule has 0 radical (unpaired) electrons. The van der Waals surface area contributed by atoms with Crippen LogP contribution in [0.5, 0.6) is 0 Å². The van der Waals surface area contributed by atoms with Crippen LogP contribution in [-0.2, 0) is 6.54 Å². The van der Waals surface area contributed by atoms with Gasteiger partial charge >= 0.3 is 0 Å². The van der Waals surface area contributed by atoms with Gasteiger partial charge in [-0.15, -0.1) is 0 Å². The summed E-state index contributed by atoms with van der Waals surface area (Å²) in [5.74, 6) is 3.82. The number of piperidine rings is 2. The molecule has 1 aromatic heterocycles. The van der Waals surface area contributed by atoms with E-state index < -0.39 is 0 Å². The molecule has 32 heavy (non-hydrogen) atoms. The summed E-state index contributed by atoms with van der Waals surface area (Å²) in [5, 5.41) is 7.66. The highest BCUT2D eigenvalue weighted by molar-refractivity contribution is 7.80. The van der Waals surface area contributed by atoms with Crippen LogP contribution in [0.4, 0.5) is 17.6 Å². The van der Waals surface area contributed by atoms with Crippen LogP contribution in [0.1, 0.15) is 45.1 Å². The van der Waals surface area contributed by atoms with Crippen LogP contribution >= 0.6 is 23.8 Å². The number of halogens is 1. The zero-order valence-corrected chi connectivity index (χ0v) is 20.6. The van der Waals surface area contributed by atoms with Crippen molar-refractivity contribution in [1.82, 2.24) is 15.3 Å². The zero-order chi connectivity index (χ0) is 22.5. The summed E-state index contributed by atoms with van der Waals surface area (Å²) in [4.78, 5) is 14.5. The highest BCUT2D eigenvalue weighted by Crippen LogP contribution is 2.29. The van der Waals surface area contributed by atoms with E-state index in [1.54, 1.807) is 0 Å². The van der Waals surface area contributed by atoms with Gasteiger partial charge in [-0.3, -0.25) is 0 Å². The molecule has 8 heteroatoms. The minimum Gasteiger partial charge on any atom is -0.358 e. The van der Waals surface area contributed by atoms with Gasteiger partial charge in [0.25, 0.3) is 0 Å². The van der Waals surface area contributed by atoms with E-state index in [0.717, 1.165) is 48.4 Å². The number of benzene rings is 1. The molecule has 0 spiro atoms. The molecule has 0 saturated carbocycles. The molecule has 0 bridgehead atoms. The van der Waals surface area contributed by atoms with E-state index in [0.29, 0.717) is 29.4 Å². The normalized spacial score (nSPS) is 21.3. The molecule has 2 atom stereocenters. The van der Waals surface area contributed by atoms with Gasteiger partial charge < -0.3 is 20.4 Å². The molecule has 4 rings (SSSR count). The highest BCUT2D eigenvalue weighted by Gasteiger charge is 2.25. The average Bonchev–Trinajstić information content (AvgIpc) is 2.78. The van der Waals surface area contributed by atoms with Gasteiger partial charge in [0.15, 0.2) is 5.11 Å². The zero-order valence-electron chi connectivity index (χ0n) is 19.0. The molecule has 2 aromatic rings. The van der Waals surface area contributed by atoms with Gasteiger partial charge in [0.1, 0.15) is 11.6 Å². The molecule has 2 saturated heterocycles. The van der Waals surface area contributed by atoms with Crippen LogP contribution in [0, 0.1) is 11.8 Å². The molecule has 2 aliphatic heterocycles. The number of thiocarbonyl (C=S) groups is 1. The van der Waals surface area contributed by atoms with Crippen molar-refractivity contribution < 1.29 is 0 Å². The van der Waals surface area contributed by atoms with Crippen molar-refractivity contribution in [2.45, 2.75) is 46.1 Å². The van der Waals surface area contributed by atoms with Crippen molar-refractivity contribution in [2.24, 2.45) is 11.8 Å². The number of nitrogens with zero attached hydrogens (tertiary/aromatic N) is 4. The Morgan fingerprint density at radius 2 is 1.69 bits per heavy atom. The molecule has 172 valence electrons. The minimum absolute atomic E-state index is 0.493. The Kier molecular flexibility index (Phi) is 7.68. The number of aromatic nitrogens is 2. The Balaban J connectivity index is 1.51. The monoisotopic (exact) mass is 472 g/mol. The second-order valence-corrected chi connectivity index (χ2v) is 10.0. The second-order valence-electron chi connectivity index (χ2n) is 9.21. The molecule has 3 heterocycles. The first-order chi connectivity index (χ1) is 15.5. The van der Waals surface area contributed by atoms with Gasteiger partial charge in [-0.25, -0.2) is 0 Å². The van der Waals surface area contributed by atoms with Gasteiger partial charge in [-0.05, 0) is 61.4 Å². The van der Waals surface area contributed by atoms with E-state index in [-0.39, 0.29) is 0 Å². The van der Waals surface area contributed by atoms with Gasteiger partial charge in [-0.1, -0.05) is 43.6 Å². The summed E-state index contributed by atoms with van der Waals surface area (Å²) in [7, 11) is 0. The summed E-state index contributed by atoms with van der Waals surface area (Å²) in [6, 6.07) is 9.92. The molecule has 2 aliphatic rings. The summed E-state index contributed by atoms with van der Waals surface area (Å²) >= 11 is 11.8. The lowest BCUT2D eigenvalue weighted by Crippen LogP contribution is -2.40. The predicted octanol–water partition coefficient (Wildman–Crippen LogP) is 5.09. The van der Waals surface area contributed by atoms with Crippen LogP contribution in [-0.4, -0.2) is 41.3 Å². The summed E-state index contributed by atoms with van der Waals surface area (Å²) < 4.78 is 0. The number of hydrogen-bond acceptors (Lipinski definition) is 5. The molecule has 0 unspecified atom stereocenters. The summed E-state index contributed by atoms with van der Waals surface area (Å²) in [5.41, 5.74) is 0.998. The molecule has 2 fully saturated rings. The molecule has 1 aromatic carbocycles. The maximum atomic E-state index is 6.27. The Bertz CT molecular complexity index is 922. The number of nitrogens with one attached hydrogen (secondary N) is 2. The maximum Gasteiger partial charge on any atom is 0.232 e. The van der Waals surface area contributed by atoms with Crippen LogP contribution in [0.25, 0.3) is 0 Å². The smallest absolute Gasteiger partial charge is 0.232 e. The van der Waals surface area contributed by atoms with Crippen molar-refractivity contribution >= 4 is 46.5 Å². The largest absolute Gasteiger partial charge is 0.358 e. The quantitative estimate of drug-likeness (QED) is 0.588. The lowest BCUT2D eigenvalue weighted by atomic mass is 9.92. The standard InChI is InChI=1S/C24H33ClN6S/c1-17-12-18(2)16-31(15-17)22-13-21(30-10-6-3-7-11-30)27-23(28-22)29-24(32)26-14-19-8-4-5-9-20(19)25/h4-5,8-9,13,17-18H,3,6-7,10-12,14-16H2,1-2H3,(H2,26,27,28,29,32)/t17-,18-/m1/s1. The minimum atomic E-state index is 0.493. The molecule has 0 aliphatic carbocycles. The van der Waals surface area contributed by atoms with Crippen molar-refractivity contribution in [3.05, 3.63) is 40.9 Å². The average molecular weight is 473 g/mol.